The number of hydrogen-bond donors (Lipinski definition) is 4. The zero-order valence-corrected chi connectivity index (χ0v) is 9.10. The minimum atomic E-state index is -1.65. The number of benzene rings is 1. The van der Waals surface area contributed by atoms with Gasteiger partial charge in [0.15, 0.2) is 0 Å². The average Bonchev–Trinajstić information content (AvgIpc) is 2.22. The molecule has 0 unspecified atom stereocenters. The number of aliphatic hydroxyl groups excluding tert-OH is 1. The SMILES string of the molecule is Cc1c(N)cc(N)cc1C(O)=CC(=O)C(=O)O. The van der Waals surface area contributed by atoms with Crippen LogP contribution in [0.5, 0.6) is 0 Å². The summed E-state index contributed by atoms with van der Waals surface area (Å²) in [4.78, 5) is 21.2. The molecule has 6 heteroatoms. The highest BCUT2D eigenvalue weighted by molar-refractivity contribution is 6.38. The van der Waals surface area contributed by atoms with Crippen molar-refractivity contribution in [3.05, 3.63) is 29.3 Å². The van der Waals surface area contributed by atoms with E-state index in [0.717, 1.165) is 0 Å². The Morgan fingerprint density at radius 2 is 1.82 bits per heavy atom. The van der Waals surface area contributed by atoms with Crippen LogP contribution in [0.1, 0.15) is 11.1 Å². The van der Waals surface area contributed by atoms with Crippen LogP contribution in [0.2, 0.25) is 0 Å². The molecular formula is C11H12N2O4. The van der Waals surface area contributed by atoms with Gasteiger partial charge >= 0.3 is 5.97 Å². The number of carbonyl (C=O) groups is 2. The van der Waals surface area contributed by atoms with E-state index in [1.54, 1.807) is 6.92 Å². The first-order valence-electron chi connectivity index (χ1n) is 4.66. The van der Waals surface area contributed by atoms with Crippen molar-refractivity contribution < 1.29 is 19.8 Å². The topological polar surface area (TPSA) is 127 Å². The summed E-state index contributed by atoms with van der Waals surface area (Å²) in [5.74, 6) is -3.34. The second-order valence-corrected chi connectivity index (χ2v) is 3.48. The van der Waals surface area contributed by atoms with Crippen molar-refractivity contribution >= 4 is 28.9 Å². The molecule has 0 aromatic heterocycles. The number of nitrogen functional groups attached to an aromatic ring is 2. The van der Waals surface area contributed by atoms with E-state index in [1.807, 2.05) is 0 Å². The number of carbonyl (C=O) groups excluding carboxylic acids is 1. The van der Waals surface area contributed by atoms with Gasteiger partial charge in [-0.1, -0.05) is 0 Å². The summed E-state index contributed by atoms with van der Waals surface area (Å²) in [7, 11) is 0. The normalized spacial score (nSPS) is 11.2. The molecule has 0 fully saturated rings. The molecular weight excluding hydrogens is 224 g/mol. The Bertz CT molecular complexity index is 520. The van der Waals surface area contributed by atoms with Crippen molar-refractivity contribution in [3.63, 3.8) is 0 Å². The second kappa shape index (κ2) is 4.56. The maximum absolute atomic E-state index is 10.9. The first kappa shape index (κ1) is 12.6. The van der Waals surface area contributed by atoms with Crippen molar-refractivity contribution in [1.29, 1.82) is 0 Å². The summed E-state index contributed by atoms with van der Waals surface area (Å²) in [6, 6.07) is 2.91. The molecule has 0 atom stereocenters. The van der Waals surface area contributed by atoms with Crippen LogP contribution >= 0.6 is 0 Å². The number of carboxylic acids is 1. The van der Waals surface area contributed by atoms with Gasteiger partial charge in [-0.25, -0.2) is 4.79 Å². The summed E-state index contributed by atoms with van der Waals surface area (Å²) in [5.41, 5.74) is 12.6. The smallest absolute Gasteiger partial charge is 0.376 e. The molecule has 0 radical (unpaired) electrons. The fraction of sp³-hybridized carbons (Fsp3) is 0.0909. The van der Waals surface area contributed by atoms with E-state index < -0.39 is 17.5 Å². The quantitative estimate of drug-likeness (QED) is 0.265. The summed E-state index contributed by atoms with van der Waals surface area (Å²) < 4.78 is 0. The molecule has 0 aliphatic heterocycles. The van der Waals surface area contributed by atoms with Gasteiger partial charge in [-0.2, -0.15) is 0 Å². The molecule has 0 saturated carbocycles. The monoisotopic (exact) mass is 236 g/mol. The van der Waals surface area contributed by atoms with E-state index in [2.05, 4.69) is 0 Å². The van der Waals surface area contributed by atoms with Gasteiger partial charge in [0.2, 0.25) is 0 Å². The van der Waals surface area contributed by atoms with Gasteiger partial charge in [0, 0.05) is 23.0 Å². The molecule has 17 heavy (non-hydrogen) atoms. The maximum atomic E-state index is 10.9. The van der Waals surface area contributed by atoms with Crippen molar-refractivity contribution in [2.75, 3.05) is 11.5 Å². The van der Waals surface area contributed by atoms with Gasteiger partial charge in [0.25, 0.3) is 5.78 Å². The predicted octanol–water partition coefficient (Wildman–Crippen LogP) is 0.712. The number of anilines is 2. The van der Waals surface area contributed by atoms with E-state index in [9.17, 15) is 14.7 Å². The van der Waals surface area contributed by atoms with Gasteiger partial charge < -0.3 is 21.7 Å². The molecule has 6 N–H and O–H groups in total. The first-order valence-corrected chi connectivity index (χ1v) is 4.66. The van der Waals surface area contributed by atoms with Gasteiger partial charge in [0.1, 0.15) is 5.76 Å². The zero-order valence-electron chi connectivity index (χ0n) is 9.10. The van der Waals surface area contributed by atoms with Crippen molar-refractivity contribution in [1.82, 2.24) is 0 Å². The number of aliphatic carboxylic acids is 1. The number of carboxylic acid groups (broad SMARTS) is 1. The average molecular weight is 236 g/mol. The standard InChI is InChI=1S/C11H12N2O4/c1-5-7(2-6(12)3-8(5)13)9(14)4-10(15)11(16)17/h2-4,14H,12-13H2,1H3,(H,16,17). The minimum Gasteiger partial charge on any atom is -0.507 e. The highest BCUT2D eigenvalue weighted by atomic mass is 16.4. The number of ketones is 1. The van der Waals surface area contributed by atoms with Crippen LogP contribution in [-0.4, -0.2) is 22.0 Å². The molecule has 0 heterocycles. The molecule has 0 bridgehead atoms. The second-order valence-electron chi connectivity index (χ2n) is 3.48. The Hall–Kier alpha value is -2.50. The van der Waals surface area contributed by atoms with Crippen LogP contribution in [0.25, 0.3) is 5.76 Å². The lowest BCUT2D eigenvalue weighted by Gasteiger charge is -2.09. The molecule has 0 aliphatic carbocycles. The van der Waals surface area contributed by atoms with Crippen molar-refractivity contribution in [3.8, 4) is 0 Å². The largest absolute Gasteiger partial charge is 0.507 e. The van der Waals surface area contributed by atoms with Gasteiger partial charge in [-0.05, 0) is 24.6 Å². The van der Waals surface area contributed by atoms with Crippen LogP contribution in [0.15, 0.2) is 18.2 Å². The number of hydrogen-bond acceptors (Lipinski definition) is 5. The fourth-order valence-corrected chi connectivity index (χ4v) is 1.29. The van der Waals surface area contributed by atoms with Crippen LogP contribution in [0.3, 0.4) is 0 Å². The lowest BCUT2D eigenvalue weighted by atomic mass is 10.0. The van der Waals surface area contributed by atoms with Crippen molar-refractivity contribution in [2.24, 2.45) is 0 Å². The Kier molecular flexibility index (Phi) is 3.37. The number of rotatable bonds is 3. The highest BCUT2D eigenvalue weighted by Crippen LogP contribution is 2.25. The lowest BCUT2D eigenvalue weighted by Crippen LogP contribution is -2.10. The highest BCUT2D eigenvalue weighted by Gasteiger charge is 2.13. The van der Waals surface area contributed by atoms with Crippen LogP contribution in [0, 0.1) is 6.92 Å². The van der Waals surface area contributed by atoms with Crippen LogP contribution in [-0.2, 0) is 9.59 Å². The molecule has 1 aromatic rings. The first-order chi connectivity index (χ1) is 7.82. The molecule has 90 valence electrons. The maximum Gasteiger partial charge on any atom is 0.376 e. The third kappa shape index (κ3) is 2.75. The van der Waals surface area contributed by atoms with Crippen molar-refractivity contribution in [2.45, 2.75) is 6.92 Å². The molecule has 0 amide bonds. The van der Waals surface area contributed by atoms with Crippen LogP contribution < -0.4 is 11.5 Å². The predicted molar refractivity (Wildman–Crippen MR) is 63.3 cm³/mol. The van der Waals surface area contributed by atoms with Crippen LogP contribution in [0.4, 0.5) is 11.4 Å². The van der Waals surface area contributed by atoms with E-state index in [1.165, 1.54) is 12.1 Å². The number of aliphatic hydroxyl groups is 1. The van der Waals surface area contributed by atoms with Gasteiger partial charge in [-0.15, -0.1) is 0 Å². The Morgan fingerprint density at radius 3 is 2.35 bits per heavy atom. The third-order valence-electron chi connectivity index (χ3n) is 2.22. The minimum absolute atomic E-state index is 0.233. The molecule has 0 saturated heterocycles. The molecule has 6 nitrogen and oxygen atoms in total. The Morgan fingerprint density at radius 1 is 1.24 bits per heavy atom. The van der Waals surface area contributed by atoms with E-state index in [-0.39, 0.29) is 5.56 Å². The summed E-state index contributed by atoms with van der Waals surface area (Å²) in [6.45, 7) is 1.62. The third-order valence-corrected chi connectivity index (χ3v) is 2.22. The summed E-state index contributed by atoms with van der Waals surface area (Å²) in [5, 5.41) is 18.0. The van der Waals surface area contributed by atoms with Gasteiger partial charge in [0.05, 0.1) is 0 Å². The fourth-order valence-electron chi connectivity index (χ4n) is 1.29. The van der Waals surface area contributed by atoms with E-state index in [0.29, 0.717) is 23.0 Å². The summed E-state index contributed by atoms with van der Waals surface area (Å²) in [6.07, 6.45) is 0.615. The Labute approximate surface area is 97.2 Å². The van der Waals surface area contributed by atoms with E-state index in [4.69, 9.17) is 16.6 Å². The number of nitrogens with two attached hydrogens (primary N) is 2. The molecule has 1 aromatic carbocycles. The molecule has 0 spiro atoms. The molecule has 0 aliphatic rings. The molecule has 1 rings (SSSR count). The summed E-state index contributed by atoms with van der Waals surface area (Å²) >= 11 is 0. The van der Waals surface area contributed by atoms with Gasteiger partial charge in [-0.3, -0.25) is 4.79 Å². The Balaban J connectivity index is 3.25. The lowest BCUT2D eigenvalue weighted by molar-refractivity contribution is -0.146. The van der Waals surface area contributed by atoms with E-state index >= 15 is 0 Å². The zero-order chi connectivity index (χ0) is 13.2.